The summed E-state index contributed by atoms with van der Waals surface area (Å²) >= 11 is 0. The Morgan fingerprint density at radius 2 is 2.45 bits per heavy atom. The summed E-state index contributed by atoms with van der Waals surface area (Å²) in [5.41, 5.74) is 5.04. The fourth-order valence-corrected chi connectivity index (χ4v) is 1.23. The lowest BCUT2D eigenvalue weighted by atomic mass is 9.96. The predicted octanol–water partition coefficient (Wildman–Crippen LogP) is -0.741. The number of hydrogen-bond acceptors (Lipinski definition) is 3. The van der Waals surface area contributed by atoms with E-state index in [-0.39, 0.29) is 12.5 Å². The SMILES string of the molecule is NC(=O)C1CC(CO)CCO1. The number of amides is 1. The summed E-state index contributed by atoms with van der Waals surface area (Å²) in [5, 5.41) is 8.78. The van der Waals surface area contributed by atoms with Crippen LogP contribution >= 0.6 is 0 Å². The van der Waals surface area contributed by atoms with E-state index in [9.17, 15) is 4.79 Å². The first-order valence-electron chi connectivity index (χ1n) is 3.76. The molecule has 0 aromatic rings. The van der Waals surface area contributed by atoms with Gasteiger partial charge in [0, 0.05) is 13.2 Å². The Bertz CT molecular complexity index is 149. The molecule has 0 spiro atoms. The average Bonchev–Trinajstić information content (AvgIpc) is 2.05. The van der Waals surface area contributed by atoms with Crippen molar-refractivity contribution in [2.45, 2.75) is 18.9 Å². The first-order valence-corrected chi connectivity index (χ1v) is 3.76. The number of rotatable bonds is 2. The van der Waals surface area contributed by atoms with Gasteiger partial charge in [-0.25, -0.2) is 0 Å². The van der Waals surface area contributed by atoms with Gasteiger partial charge in [-0.1, -0.05) is 0 Å². The van der Waals surface area contributed by atoms with Crippen molar-refractivity contribution in [3.8, 4) is 0 Å². The highest BCUT2D eigenvalue weighted by Gasteiger charge is 2.25. The van der Waals surface area contributed by atoms with Crippen molar-refractivity contribution >= 4 is 5.91 Å². The second kappa shape index (κ2) is 3.69. The van der Waals surface area contributed by atoms with Crippen molar-refractivity contribution in [2.24, 2.45) is 11.7 Å². The van der Waals surface area contributed by atoms with Gasteiger partial charge in [-0.05, 0) is 18.8 Å². The molecule has 0 saturated carbocycles. The van der Waals surface area contributed by atoms with E-state index < -0.39 is 12.0 Å². The molecule has 0 aromatic carbocycles. The minimum Gasteiger partial charge on any atom is -0.396 e. The summed E-state index contributed by atoms with van der Waals surface area (Å²) < 4.78 is 5.09. The molecule has 0 aliphatic carbocycles. The number of carbonyl (C=O) groups excluding carboxylic acids is 1. The van der Waals surface area contributed by atoms with E-state index in [1.165, 1.54) is 0 Å². The van der Waals surface area contributed by atoms with Gasteiger partial charge in [-0.15, -0.1) is 0 Å². The van der Waals surface area contributed by atoms with Crippen LogP contribution in [0.2, 0.25) is 0 Å². The first-order chi connectivity index (χ1) is 5.24. The summed E-state index contributed by atoms with van der Waals surface area (Å²) in [6, 6.07) is 0. The Labute approximate surface area is 65.3 Å². The maximum absolute atomic E-state index is 10.6. The molecule has 0 bridgehead atoms. The number of aliphatic hydroxyl groups is 1. The van der Waals surface area contributed by atoms with Gasteiger partial charge in [-0.3, -0.25) is 4.79 Å². The summed E-state index contributed by atoms with van der Waals surface area (Å²) in [7, 11) is 0. The zero-order valence-electron chi connectivity index (χ0n) is 6.32. The lowest BCUT2D eigenvalue weighted by Gasteiger charge is -2.25. The maximum atomic E-state index is 10.6. The van der Waals surface area contributed by atoms with E-state index in [2.05, 4.69) is 0 Å². The molecule has 0 radical (unpaired) electrons. The third kappa shape index (κ3) is 2.17. The lowest BCUT2D eigenvalue weighted by molar-refractivity contribution is -0.134. The Hall–Kier alpha value is -0.610. The van der Waals surface area contributed by atoms with Crippen LogP contribution in [0.5, 0.6) is 0 Å². The highest BCUT2D eigenvalue weighted by atomic mass is 16.5. The third-order valence-corrected chi connectivity index (χ3v) is 1.97. The summed E-state index contributed by atoms with van der Waals surface area (Å²) in [6.45, 7) is 0.645. The molecule has 1 saturated heterocycles. The van der Waals surface area contributed by atoms with Gasteiger partial charge < -0.3 is 15.6 Å². The van der Waals surface area contributed by atoms with E-state index in [0.717, 1.165) is 6.42 Å². The number of hydrogen-bond donors (Lipinski definition) is 2. The van der Waals surface area contributed by atoms with Crippen LogP contribution in [0.15, 0.2) is 0 Å². The van der Waals surface area contributed by atoms with Crippen molar-refractivity contribution in [3.63, 3.8) is 0 Å². The standard InChI is InChI=1S/C7H13NO3/c8-7(10)6-3-5(4-9)1-2-11-6/h5-6,9H,1-4H2,(H2,8,10). The molecular weight excluding hydrogens is 146 g/mol. The number of ether oxygens (including phenoxy) is 1. The highest BCUT2D eigenvalue weighted by molar-refractivity contribution is 5.78. The molecule has 1 fully saturated rings. The molecule has 64 valence electrons. The molecule has 1 amide bonds. The van der Waals surface area contributed by atoms with Crippen molar-refractivity contribution in [1.82, 2.24) is 0 Å². The predicted molar refractivity (Wildman–Crippen MR) is 38.7 cm³/mol. The molecule has 0 aromatic heterocycles. The molecule has 4 nitrogen and oxygen atoms in total. The number of primary amides is 1. The monoisotopic (exact) mass is 159 g/mol. The van der Waals surface area contributed by atoms with Gasteiger partial charge >= 0.3 is 0 Å². The zero-order valence-corrected chi connectivity index (χ0v) is 6.32. The molecule has 1 aliphatic rings. The lowest BCUT2D eigenvalue weighted by Crippen LogP contribution is -2.37. The second-order valence-corrected chi connectivity index (χ2v) is 2.83. The van der Waals surface area contributed by atoms with E-state index in [1.54, 1.807) is 0 Å². The van der Waals surface area contributed by atoms with Gasteiger partial charge in [-0.2, -0.15) is 0 Å². The second-order valence-electron chi connectivity index (χ2n) is 2.83. The largest absolute Gasteiger partial charge is 0.396 e. The van der Waals surface area contributed by atoms with Gasteiger partial charge in [0.1, 0.15) is 6.10 Å². The molecule has 1 rings (SSSR count). The number of aliphatic hydroxyl groups excluding tert-OH is 1. The highest BCUT2D eigenvalue weighted by Crippen LogP contribution is 2.18. The molecule has 1 aliphatic heterocycles. The summed E-state index contributed by atoms with van der Waals surface area (Å²) in [5.74, 6) is -0.246. The number of nitrogens with two attached hydrogens (primary N) is 1. The third-order valence-electron chi connectivity index (χ3n) is 1.97. The van der Waals surface area contributed by atoms with E-state index in [0.29, 0.717) is 13.0 Å². The molecule has 3 N–H and O–H groups in total. The van der Waals surface area contributed by atoms with Crippen molar-refractivity contribution < 1.29 is 14.6 Å². The van der Waals surface area contributed by atoms with Crippen LogP contribution in [0.3, 0.4) is 0 Å². The molecule has 1 heterocycles. The molecule has 4 heteroatoms. The van der Waals surface area contributed by atoms with Crippen LogP contribution in [0.1, 0.15) is 12.8 Å². The Morgan fingerprint density at radius 1 is 1.73 bits per heavy atom. The molecule has 2 unspecified atom stereocenters. The van der Waals surface area contributed by atoms with Crippen molar-refractivity contribution in [1.29, 1.82) is 0 Å². The fraction of sp³-hybridized carbons (Fsp3) is 0.857. The van der Waals surface area contributed by atoms with Gasteiger partial charge in [0.25, 0.3) is 0 Å². The Kier molecular flexibility index (Phi) is 2.84. The minimum atomic E-state index is -0.485. The van der Waals surface area contributed by atoms with Gasteiger partial charge in [0.2, 0.25) is 5.91 Å². The van der Waals surface area contributed by atoms with Crippen molar-refractivity contribution in [2.75, 3.05) is 13.2 Å². The van der Waals surface area contributed by atoms with Gasteiger partial charge in [0.05, 0.1) is 0 Å². The topological polar surface area (TPSA) is 72.6 Å². The average molecular weight is 159 g/mol. The van der Waals surface area contributed by atoms with Gasteiger partial charge in [0.15, 0.2) is 0 Å². The van der Waals surface area contributed by atoms with Crippen LogP contribution in [-0.4, -0.2) is 30.3 Å². The summed E-state index contributed by atoms with van der Waals surface area (Å²) in [6.07, 6.45) is 0.896. The molecule has 2 atom stereocenters. The van der Waals surface area contributed by atoms with Crippen LogP contribution in [0.4, 0.5) is 0 Å². The Morgan fingerprint density at radius 3 is 3.00 bits per heavy atom. The fourth-order valence-electron chi connectivity index (χ4n) is 1.23. The first kappa shape index (κ1) is 8.49. The van der Waals surface area contributed by atoms with Crippen LogP contribution in [0.25, 0.3) is 0 Å². The summed E-state index contributed by atoms with van der Waals surface area (Å²) in [4.78, 5) is 10.6. The van der Waals surface area contributed by atoms with E-state index in [1.807, 2.05) is 0 Å². The normalized spacial score (nSPS) is 31.7. The molecular formula is C7H13NO3. The number of carbonyl (C=O) groups is 1. The van der Waals surface area contributed by atoms with Crippen LogP contribution < -0.4 is 5.73 Å². The van der Waals surface area contributed by atoms with Crippen LogP contribution in [0, 0.1) is 5.92 Å². The van der Waals surface area contributed by atoms with E-state index >= 15 is 0 Å². The minimum absolute atomic E-state index is 0.118. The Balaban J connectivity index is 2.39. The van der Waals surface area contributed by atoms with Crippen molar-refractivity contribution in [3.05, 3.63) is 0 Å². The molecule has 11 heavy (non-hydrogen) atoms. The van der Waals surface area contributed by atoms with E-state index in [4.69, 9.17) is 15.6 Å². The quantitative estimate of drug-likeness (QED) is 0.557. The smallest absolute Gasteiger partial charge is 0.246 e. The van der Waals surface area contributed by atoms with Crippen LogP contribution in [-0.2, 0) is 9.53 Å². The zero-order chi connectivity index (χ0) is 8.27. The maximum Gasteiger partial charge on any atom is 0.246 e.